The maximum atomic E-state index is 5.35. The van der Waals surface area contributed by atoms with Crippen molar-refractivity contribution in [3.63, 3.8) is 0 Å². The molecule has 1 unspecified atom stereocenters. The van der Waals surface area contributed by atoms with Crippen LogP contribution in [0.2, 0.25) is 0 Å². The average molecular weight is 125 g/mol. The van der Waals surface area contributed by atoms with Gasteiger partial charge in [-0.3, -0.25) is 0 Å². The summed E-state index contributed by atoms with van der Waals surface area (Å²) in [7, 11) is 0. The molecule has 1 aliphatic heterocycles. The molecule has 1 heterocycles. The van der Waals surface area contributed by atoms with Crippen LogP contribution in [-0.4, -0.2) is 6.10 Å². The zero-order valence-electron chi connectivity index (χ0n) is 5.73. The molecular weight excluding hydrogens is 112 g/mol. The molecule has 0 aromatic carbocycles. The Morgan fingerprint density at radius 3 is 3.00 bits per heavy atom. The Hall–Kier alpha value is -0.0400. The third-order valence-electron chi connectivity index (χ3n) is 2.24. The quantitative estimate of drug-likeness (QED) is 0.452. The zero-order valence-corrected chi connectivity index (χ0v) is 5.73. The van der Waals surface area contributed by atoms with Gasteiger partial charge in [-0.1, -0.05) is 25.7 Å². The van der Waals surface area contributed by atoms with Gasteiger partial charge < -0.3 is 4.74 Å². The molecule has 1 saturated carbocycles. The van der Waals surface area contributed by atoms with Crippen LogP contribution < -0.4 is 0 Å². The van der Waals surface area contributed by atoms with Gasteiger partial charge in [0.25, 0.3) is 0 Å². The summed E-state index contributed by atoms with van der Waals surface area (Å²) in [6, 6.07) is 0. The van der Waals surface area contributed by atoms with E-state index in [0.717, 1.165) is 0 Å². The molecule has 0 amide bonds. The largest absolute Gasteiger partial charge is 0.363 e. The van der Waals surface area contributed by atoms with Crippen LogP contribution in [0.5, 0.6) is 0 Å². The van der Waals surface area contributed by atoms with Gasteiger partial charge in [0.15, 0.2) is 0 Å². The third-order valence-corrected chi connectivity index (χ3v) is 2.24. The molecule has 0 bridgehead atoms. The number of fused-ring (bicyclic) bond motifs is 1. The molecule has 0 aromatic heterocycles. The SMILES string of the molecule is C1CCCC2O[C]2CC1. The molecule has 1 nitrogen and oxygen atoms in total. The fourth-order valence-electron chi connectivity index (χ4n) is 1.57. The van der Waals surface area contributed by atoms with E-state index in [9.17, 15) is 0 Å². The minimum Gasteiger partial charge on any atom is -0.363 e. The predicted octanol–water partition coefficient (Wildman–Crippen LogP) is 2.27. The molecular formula is C8H13O. The molecule has 1 heteroatoms. The lowest BCUT2D eigenvalue weighted by molar-refractivity contribution is 0.390. The predicted molar refractivity (Wildman–Crippen MR) is 35.8 cm³/mol. The van der Waals surface area contributed by atoms with Gasteiger partial charge in [0, 0.05) is 0 Å². The Kier molecular flexibility index (Phi) is 1.46. The van der Waals surface area contributed by atoms with Crippen LogP contribution in [-0.2, 0) is 4.74 Å². The van der Waals surface area contributed by atoms with E-state index in [1.54, 1.807) is 0 Å². The lowest BCUT2D eigenvalue weighted by Gasteiger charge is -2.01. The van der Waals surface area contributed by atoms with Crippen LogP contribution in [0.1, 0.15) is 38.5 Å². The van der Waals surface area contributed by atoms with Crippen molar-refractivity contribution in [2.24, 2.45) is 0 Å². The highest BCUT2D eigenvalue weighted by molar-refractivity contribution is 5.03. The van der Waals surface area contributed by atoms with Crippen LogP contribution in [0.3, 0.4) is 0 Å². The maximum absolute atomic E-state index is 5.35. The topological polar surface area (TPSA) is 12.5 Å². The molecule has 1 saturated heterocycles. The molecule has 2 rings (SSSR count). The number of epoxide rings is 1. The van der Waals surface area contributed by atoms with Crippen molar-refractivity contribution in [3.05, 3.63) is 6.10 Å². The summed E-state index contributed by atoms with van der Waals surface area (Å²) < 4.78 is 5.35. The first-order valence-corrected chi connectivity index (χ1v) is 3.99. The van der Waals surface area contributed by atoms with Crippen molar-refractivity contribution < 1.29 is 4.74 Å². The molecule has 1 atom stereocenters. The lowest BCUT2D eigenvalue weighted by Crippen LogP contribution is -1.92. The van der Waals surface area contributed by atoms with E-state index >= 15 is 0 Å². The Labute approximate surface area is 56.4 Å². The van der Waals surface area contributed by atoms with Crippen LogP contribution in [0.4, 0.5) is 0 Å². The highest BCUT2D eigenvalue weighted by atomic mass is 16.6. The molecule has 1 aliphatic carbocycles. The van der Waals surface area contributed by atoms with Crippen LogP contribution >= 0.6 is 0 Å². The van der Waals surface area contributed by atoms with E-state index in [1.807, 2.05) is 0 Å². The minimum absolute atomic E-state index is 0.602. The van der Waals surface area contributed by atoms with Gasteiger partial charge in [-0.25, -0.2) is 0 Å². The number of hydrogen-bond donors (Lipinski definition) is 0. The first kappa shape index (κ1) is 5.72. The van der Waals surface area contributed by atoms with Crippen molar-refractivity contribution in [3.8, 4) is 0 Å². The molecule has 0 N–H and O–H groups in total. The summed E-state index contributed by atoms with van der Waals surface area (Å²) >= 11 is 0. The molecule has 51 valence electrons. The summed E-state index contributed by atoms with van der Waals surface area (Å²) in [6.45, 7) is 0. The number of ether oxygens (including phenoxy) is 1. The second-order valence-electron chi connectivity index (χ2n) is 3.03. The van der Waals surface area contributed by atoms with E-state index in [0.29, 0.717) is 6.10 Å². The summed E-state index contributed by atoms with van der Waals surface area (Å²) in [5.41, 5.74) is 0. The van der Waals surface area contributed by atoms with Gasteiger partial charge in [0.2, 0.25) is 0 Å². The first-order valence-electron chi connectivity index (χ1n) is 3.99. The van der Waals surface area contributed by atoms with Crippen LogP contribution in [0, 0.1) is 6.10 Å². The Balaban J connectivity index is 1.81. The molecule has 2 aliphatic rings. The van der Waals surface area contributed by atoms with Crippen molar-refractivity contribution in [2.45, 2.75) is 44.6 Å². The van der Waals surface area contributed by atoms with Gasteiger partial charge >= 0.3 is 0 Å². The Morgan fingerprint density at radius 1 is 1.11 bits per heavy atom. The highest BCUT2D eigenvalue weighted by Crippen LogP contribution is 2.40. The van der Waals surface area contributed by atoms with Crippen LogP contribution in [0.25, 0.3) is 0 Å². The standard InChI is InChI=1S/C8H13O/c1-2-4-6-8-7(9-8)5-3-1/h7H,1-6H2. The second kappa shape index (κ2) is 2.30. The zero-order chi connectivity index (χ0) is 6.10. The van der Waals surface area contributed by atoms with Crippen molar-refractivity contribution in [1.82, 2.24) is 0 Å². The molecule has 0 spiro atoms. The van der Waals surface area contributed by atoms with Crippen molar-refractivity contribution in [2.75, 3.05) is 0 Å². The normalized spacial score (nSPS) is 36.7. The Morgan fingerprint density at radius 2 is 2.00 bits per heavy atom. The lowest BCUT2D eigenvalue weighted by atomic mass is 10.0. The van der Waals surface area contributed by atoms with E-state index in [1.165, 1.54) is 44.6 Å². The van der Waals surface area contributed by atoms with E-state index < -0.39 is 0 Å². The molecule has 2 fully saturated rings. The summed E-state index contributed by atoms with van der Waals surface area (Å²) in [4.78, 5) is 0. The average Bonchev–Trinajstić information content (AvgIpc) is 2.46. The van der Waals surface area contributed by atoms with E-state index in [4.69, 9.17) is 4.74 Å². The summed E-state index contributed by atoms with van der Waals surface area (Å²) in [5.74, 6) is 0. The fourth-order valence-corrected chi connectivity index (χ4v) is 1.57. The molecule has 0 aromatic rings. The minimum atomic E-state index is 0.602. The van der Waals surface area contributed by atoms with Gasteiger partial charge in [-0.2, -0.15) is 0 Å². The van der Waals surface area contributed by atoms with Crippen molar-refractivity contribution in [1.29, 1.82) is 0 Å². The monoisotopic (exact) mass is 125 g/mol. The van der Waals surface area contributed by atoms with Gasteiger partial charge in [0.1, 0.15) is 6.10 Å². The molecule has 1 radical (unpaired) electrons. The van der Waals surface area contributed by atoms with Crippen molar-refractivity contribution >= 4 is 0 Å². The van der Waals surface area contributed by atoms with Gasteiger partial charge in [0.05, 0.1) is 6.10 Å². The van der Waals surface area contributed by atoms with Crippen LogP contribution in [0.15, 0.2) is 0 Å². The first-order chi connectivity index (χ1) is 4.47. The molecule has 9 heavy (non-hydrogen) atoms. The van der Waals surface area contributed by atoms with E-state index in [2.05, 4.69) is 0 Å². The smallest absolute Gasteiger partial charge is 0.126 e. The van der Waals surface area contributed by atoms with E-state index in [-0.39, 0.29) is 0 Å². The highest BCUT2D eigenvalue weighted by Gasteiger charge is 2.39. The number of rotatable bonds is 0. The maximum Gasteiger partial charge on any atom is 0.126 e. The number of hydrogen-bond acceptors (Lipinski definition) is 1. The second-order valence-corrected chi connectivity index (χ2v) is 3.03. The van der Waals surface area contributed by atoms with Gasteiger partial charge in [-0.05, 0) is 12.8 Å². The summed E-state index contributed by atoms with van der Waals surface area (Å²) in [5, 5.41) is 0. The third kappa shape index (κ3) is 1.26. The Bertz CT molecular complexity index is 88.7. The van der Waals surface area contributed by atoms with Gasteiger partial charge in [-0.15, -0.1) is 0 Å². The summed E-state index contributed by atoms with van der Waals surface area (Å²) in [6.07, 6.45) is 10.1. The fraction of sp³-hybridized carbons (Fsp3) is 0.875.